The van der Waals surface area contributed by atoms with Gasteiger partial charge in [-0.3, -0.25) is 4.79 Å². The van der Waals surface area contributed by atoms with Gasteiger partial charge in [-0.25, -0.2) is 27.5 Å². The lowest BCUT2D eigenvalue weighted by molar-refractivity contribution is -0.0279. The van der Waals surface area contributed by atoms with Crippen molar-refractivity contribution in [2.24, 2.45) is 5.92 Å². The van der Waals surface area contributed by atoms with Crippen LogP contribution in [0.15, 0.2) is 36.7 Å². The Morgan fingerprint density at radius 2 is 1.73 bits per heavy atom. The first-order valence-electron chi connectivity index (χ1n) is 7.62. The first-order valence-corrected chi connectivity index (χ1v) is 7.62. The summed E-state index contributed by atoms with van der Waals surface area (Å²) < 4.78 is 54.1. The average molecular weight is 363 g/mol. The van der Waals surface area contributed by atoms with Gasteiger partial charge in [0.1, 0.15) is 5.82 Å². The highest BCUT2D eigenvalue weighted by atomic mass is 19.3. The summed E-state index contributed by atoms with van der Waals surface area (Å²) in [5.74, 6) is -4.76. The summed E-state index contributed by atoms with van der Waals surface area (Å²) in [5, 5.41) is 0. The molecule has 0 saturated heterocycles. The van der Waals surface area contributed by atoms with Gasteiger partial charge in [0, 0.05) is 25.0 Å². The van der Waals surface area contributed by atoms with E-state index < -0.39 is 35.2 Å². The summed E-state index contributed by atoms with van der Waals surface area (Å²) in [7, 11) is 0.945. The SMILES string of the molecule is CC1C(F)(F)C1(F)N(C)C(=O)c1ncc(C#Cc2cccc(F)c2)cn1. The van der Waals surface area contributed by atoms with Crippen LogP contribution < -0.4 is 0 Å². The number of carbonyl (C=O) groups excluding carboxylic acids is 1. The van der Waals surface area contributed by atoms with Crippen LogP contribution in [0.4, 0.5) is 17.6 Å². The second-order valence-corrected chi connectivity index (χ2v) is 5.94. The number of aromatic nitrogens is 2. The van der Waals surface area contributed by atoms with E-state index in [1.807, 2.05) is 0 Å². The maximum absolute atomic E-state index is 14.3. The van der Waals surface area contributed by atoms with E-state index in [0.29, 0.717) is 16.0 Å². The zero-order chi connectivity index (χ0) is 19.1. The lowest BCUT2D eigenvalue weighted by Gasteiger charge is -2.21. The molecule has 1 aliphatic carbocycles. The molecule has 0 spiro atoms. The van der Waals surface area contributed by atoms with E-state index in [9.17, 15) is 22.4 Å². The molecule has 1 saturated carbocycles. The van der Waals surface area contributed by atoms with E-state index >= 15 is 0 Å². The molecule has 134 valence electrons. The summed E-state index contributed by atoms with van der Waals surface area (Å²) in [4.78, 5) is 20.0. The van der Waals surface area contributed by atoms with Crippen LogP contribution in [0.2, 0.25) is 0 Å². The first kappa shape index (κ1) is 17.9. The van der Waals surface area contributed by atoms with E-state index in [2.05, 4.69) is 21.8 Å². The molecule has 0 radical (unpaired) electrons. The van der Waals surface area contributed by atoms with Crippen LogP contribution in [-0.4, -0.2) is 39.5 Å². The number of hydrogen-bond acceptors (Lipinski definition) is 3. The van der Waals surface area contributed by atoms with Gasteiger partial charge in [-0.1, -0.05) is 24.8 Å². The number of rotatable bonds is 2. The minimum atomic E-state index is -3.60. The summed E-state index contributed by atoms with van der Waals surface area (Å²) in [6, 6.07) is 5.65. The van der Waals surface area contributed by atoms with Gasteiger partial charge in [0.05, 0.1) is 11.5 Å². The van der Waals surface area contributed by atoms with E-state index in [-0.39, 0.29) is 0 Å². The number of amides is 1. The highest BCUT2D eigenvalue weighted by molar-refractivity contribution is 5.91. The number of benzene rings is 1. The Morgan fingerprint density at radius 1 is 1.15 bits per heavy atom. The van der Waals surface area contributed by atoms with Gasteiger partial charge >= 0.3 is 5.92 Å². The van der Waals surface area contributed by atoms with Gasteiger partial charge in [-0.15, -0.1) is 0 Å². The topological polar surface area (TPSA) is 46.1 Å². The van der Waals surface area contributed by atoms with Gasteiger partial charge in [-0.05, 0) is 18.2 Å². The smallest absolute Gasteiger partial charge is 0.301 e. The van der Waals surface area contributed by atoms with E-state index in [4.69, 9.17) is 0 Å². The molecule has 1 heterocycles. The molecule has 2 unspecified atom stereocenters. The van der Waals surface area contributed by atoms with Crippen molar-refractivity contribution in [1.82, 2.24) is 14.9 Å². The van der Waals surface area contributed by atoms with Crippen molar-refractivity contribution < 1.29 is 22.4 Å². The molecule has 1 aromatic carbocycles. The number of carbonyl (C=O) groups is 1. The number of halogens is 4. The third-order valence-corrected chi connectivity index (χ3v) is 4.31. The molecule has 0 bridgehead atoms. The monoisotopic (exact) mass is 363 g/mol. The fourth-order valence-electron chi connectivity index (χ4n) is 2.54. The van der Waals surface area contributed by atoms with Crippen LogP contribution >= 0.6 is 0 Å². The zero-order valence-electron chi connectivity index (χ0n) is 13.8. The zero-order valence-corrected chi connectivity index (χ0v) is 13.8. The van der Waals surface area contributed by atoms with Crippen molar-refractivity contribution in [2.75, 3.05) is 7.05 Å². The Labute approximate surface area is 146 Å². The number of hydrogen-bond donors (Lipinski definition) is 0. The minimum Gasteiger partial charge on any atom is -0.301 e. The van der Waals surface area contributed by atoms with Crippen molar-refractivity contribution in [3.63, 3.8) is 0 Å². The third-order valence-electron chi connectivity index (χ3n) is 4.31. The van der Waals surface area contributed by atoms with Gasteiger partial charge in [-0.2, -0.15) is 0 Å². The Morgan fingerprint density at radius 3 is 2.27 bits per heavy atom. The Kier molecular flexibility index (Phi) is 4.18. The summed E-state index contributed by atoms with van der Waals surface area (Å²) in [5.41, 5.74) is 0.766. The van der Waals surface area contributed by atoms with Gasteiger partial charge < -0.3 is 4.90 Å². The average Bonchev–Trinajstić information content (AvgIpc) is 3.03. The Balaban J connectivity index is 1.75. The van der Waals surface area contributed by atoms with Gasteiger partial charge in [0.25, 0.3) is 11.7 Å². The van der Waals surface area contributed by atoms with Crippen LogP contribution in [0.25, 0.3) is 0 Å². The van der Waals surface area contributed by atoms with E-state index in [1.54, 1.807) is 6.07 Å². The second kappa shape index (κ2) is 6.09. The molecule has 4 nitrogen and oxygen atoms in total. The van der Waals surface area contributed by atoms with Crippen LogP contribution in [0.5, 0.6) is 0 Å². The molecule has 2 aromatic rings. The molecular weight excluding hydrogens is 350 g/mol. The fraction of sp³-hybridized carbons (Fsp3) is 0.278. The maximum Gasteiger partial charge on any atom is 0.307 e. The summed E-state index contributed by atoms with van der Waals surface area (Å²) in [6.45, 7) is 1.02. The van der Waals surface area contributed by atoms with Crippen molar-refractivity contribution in [3.05, 3.63) is 59.4 Å². The van der Waals surface area contributed by atoms with E-state index in [0.717, 1.165) is 14.0 Å². The molecule has 1 aliphatic rings. The quantitative estimate of drug-likeness (QED) is 0.468. The number of nitrogens with zero attached hydrogens (tertiary/aromatic N) is 3. The lowest BCUT2D eigenvalue weighted by Crippen LogP contribution is -2.41. The third kappa shape index (κ3) is 2.79. The maximum atomic E-state index is 14.3. The van der Waals surface area contributed by atoms with Crippen molar-refractivity contribution in [3.8, 4) is 11.8 Å². The number of alkyl halides is 3. The lowest BCUT2D eigenvalue weighted by atomic mass is 10.2. The Hall–Kier alpha value is -2.95. The van der Waals surface area contributed by atoms with Crippen LogP contribution in [0.3, 0.4) is 0 Å². The van der Waals surface area contributed by atoms with Crippen LogP contribution in [0, 0.1) is 23.6 Å². The molecule has 0 N–H and O–H groups in total. The molecule has 3 rings (SSSR count). The van der Waals surface area contributed by atoms with Gasteiger partial charge in [0.15, 0.2) is 0 Å². The van der Waals surface area contributed by atoms with Crippen LogP contribution in [0.1, 0.15) is 28.7 Å². The largest absolute Gasteiger partial charge is 0.307 e. The highest BCUT2D eigenvalue weighted by Crippen LogP contribution is 2.62. The molecule has 2 atom stereocenters. The molecule has 1 amide bonds. The van der Waals surface area contributed by atoms with Crippen molar-refractivity contribution >= 4 is 5.91 Å². The van der Waals surface area contributed by atoms with Crippen LogP contribution in [-0.2, 0) is 0 Å². The molecule has 0 aliphatic heterocycles. The normalized spacial score (nSPS) is 22.9. The van der Waals surface area contributed by atoms with E-state index in [1.165, 1.54) is 30.6 Å². The van der Waals surface area contributed by atoms with Crippen molar-refractivity contribution in [2.45, 2.75) is 18.6 Å². The highest BCUT2D eigenvalue weighted by Gasteiger charge is 2.84. The van der Waals surface area contributed by atoms with Crippen molar-refractivity contribution in [1.29, 1.82) is 0 Å². The predicted octanol–water partition coefficient (Wildman–Crippen LogP) is 3.04. The fourth-order valence-corrected chi connectivity index (χ4v) is 2.54. The summed E-state index contributed by atoms with van der Waals surface area (Å²) in [6.07, 6.45) is 2.42. The minimum absolute atomic E-state index is 0.325. The standard InChI is InChI=1S/C18H13F4N3O/c1-11-17(20,21)18(11,22)25(2)16(26)15-23-9-13(10-24-15)7-6-12-4-3-5-14(19)8-12/h3-5,8-11H,1-2H3. The predicted molar refractivity (Wildman–Crippen MR) is 84.5 cm³/mol. The first-order chi connectivity index (χ1) is 12.2. The molecular formula is C18H13F4N3O. The Bertz CT molecular complexity index is 920. The van der Waals surface area contributed by atoms with Gasteiger partial charge in [0.2, 0.25) is 5.82 Å². The molecule has 1 fully saturated rings. The second-order valence-electron chi connectivity index (χ2n) is 5.94. The molecule has 8 heteroatoms. The molecule has 26 heavy (non-hydrogen) atoms. The molecule has 1 aromatic heterocycles. The summed E-state index contributed by atoms with van der Waals surface area (Å²) >= 11 is 0.